The molecular formula is C22H22ClN3O4. The van der Waals surface area contributed by atoms with Gasteiger partial charge in [0.15, 0.2) is 0 Å². The first kappa shape index (κ1) is 21.4. The molecule has 1 unspecified atom stereocenters. The van der Waals surface area contributed by atoms with Gasteiger partial charge in [-0.05, 0) is 32.0 Å². The minimum absolute atomic E-state index is 0.0388. The zero-order valence-corrected chi connectivity index (χ0v) is 17.9. The molecule has 0 radical (unpaired) electrons. The number of carbonyl (C=O) groups is 1. The van der Waals surface area contributed by atoms with Crippen molar-refractivity contribution in [2.24, 2.45) is 0 Å². The number of carbonyl (C=O) groups excluding carboxylic acids is 1. The number of nitrogens with zero attached hydrogens (tertiary/aromatic N) is 2. The summed E-state index contributed by atoms with van der Waals surface area (Å²) in [6, 6.07) is 12.2. The third-order valence-corrected chi connectivity index (χ3v) is 5.05. The fourth-order valence-electron chi connectivity index (χ4n) is 3.15. The Kier molecular flexibility index (Phi) is 6.42. The summed E-state index contributed by atoms with van der Waals surface area (Å²) in [4.78, 5) is 24.9. The van der Waals surface area contributed by atoms with Gasteiger partial charge in [-0.25, -0.2) is 4.79 Å². The molecule has 7 nitrogen and oxygen atoms in total. The van der Waals surface area contributed by atoms with Crippen molar-refractivity contribution in [2.75, 3.05) is 19.5 Å². The van der Waals surface area contributed by atoms with Crippen LogP contribution in [-0.4, -0.2) is 30.0 Å². The van der Waals surface area contributed by atoms with Crippen LogP contribution in [0.4, 0.5) is 5.69 Å². The monoisotopic (exact) mass is 427 g/mol. The van der Waals surface area contributed by atoms with Crippen LogP contribution in [0, 0.1) is 6.92 Å². The van der Waals surface area contributed by atoms with Crippen molar-refractivity contribution in [1.29, 1.82) is 0 Å². The van der Waals surface area contributed by atoms with E-state index in [-0.39, 0.29) is 22.3 Å². The highest BCUT2D eigenvalue weighted by Gasteiger charge is 2.19. The highest BCUT2D eigenvalue weighted by Crippen LogP contribution is 2.30. The highest BCUT2D eigenvalue weighted by atomic mass is 35.5. The molecular weight excluding hydrogens is 406 g/mol. The van der Waals surface area contributed by atoms with Gasteiger partial charge in [0.1, 0.15) is 10.8 Å². The maximum absolute atomic E-state index is 12.9. The maximum atomic E-state index is 12.9. The quantitative estimate of drug-likeness (QED) is 0.595. The molecule has 0 aliphatic heterocycles. The lowest BCUT2D eigenvalue weighted by atomic mass is 10.0. The lowest BCUT2D eigenvalue weighted by Gasteiger charge is -2.20. The Bertz CT molecular complexity index is 1140. The van der Waals surface area contributed by atoms with Gasteiger partial charge >= 0.3 is 5.97 Å². The van der Waals surface area contributed by atoms with Crippen molar-refractivity contribution >= 4 is 23.3 Å². The van der Waals surface area contributed by atoms with Crippen LogP contribution in [0.3, 0.4) is 0 Å². The zero-order valence-electron chi connectivity index (χ0n) is 17.1. The molecule has 1 aromatic heterocycles. The summed E-state index contributed by atoms with van der Waals surface area (Å²) in [6.45, 7) is 3.93. The molecule has 1 N–H and O–H groups in total. The number of aryl methyl sites for hydroxylation is 1. The van der Waals surface area contributed by atoms with Gasteiger partial charge in [-0.15, -0.1) is 0 Å². The standard InChI is InChI=1S/C22H22ClN3O4/c1-13-9-10-19(29-3)16(11-13)14(2)25-17-12-24-26(21(27)20(17)23)18-8-6-5-7-15(18)22(28)30-4/h5-12,14,25H,1-4H3. The van der Waals surface area contributed by atoms with Crippen LogP contribution >= 0.6 is 11.6 Å². The Hall–Kier alpha value is -3.32. The van der Waals surface area contributed by atoms with Crippen molar-refractivity contribution in [1.82, 2.24) is 9.78 Å². The Morgan fingerprint density at radius 3 is 2.63 bits per heavy atom. The smallest absolute Gasteiger partial charge is 0.340 e. The van der Waals surface area contributed by atoms with E-state index in [1.165, 1.54) is 13.3 Å². The van der Waals surface area contributed by atoms with Crippen molar-refractivity contribution in [3.63, 3.8) is 0 Å². The number of rotatable bonds is 6. The largest absolute Gasteiger partial charge is 0.496 e. The van der Waals surface area contributed by atoms with Gasteiger partial charge in [-0.3, -0.25) is 4.79 Å². The first-order valence-corrected chi connectivity index (χ1v) is 9.61. The highest BCUT2D eigenvalue weighted by molar-refractivity contribution is 6.33. The van der Waals surface area contributed by atoms with E-state index in [2.05, 4.69) is 10.4 Å². The molecule has 1 atom stereocenters. The van der Waals surface area contributed by atoms with E-state index in [0.717, 1.165) is 21.6 Å². The normalized spacial score (nSPS) is 11.6. The average molecular weight is 428 g/mol. The Morgan fingerprint density at radius 2 is 1.93 bits per heavy atom. The van der Waals surface area contributed by atoms with Crippen molar-refractivity contribution in [2.45, 2.75) is 19.9 Å². The van der Waals surface area contributed by atoms with E-state index >= 15 is 0 Å². The fourth-order valence-corrected chi connectivity index (χ4v) is 3.33. The van der Waals surface area contributed by atoms with Crippen LogP contribution in [0.25, 0.3) is 5.69 Å². The van der Waals surface area contributed by atoms with E-state index in [1.54, 1.807) is 31.4 Å². The van der Waals surface area contributed by atoms with E-state index in [4.69, 9.17) is 21.1 Å². The number of ether oxygens (including phenoxy) is 2. The average Bonchev–Trinajstić information content (AvgIpc) is 2.76. The van der Waals surface area contributed by atoms with Crippen LogP contribution < -0.4 is 15.6 Å². The lowest BCUT2D eigenvalue weighted by Crippen LogP contribution is -2.25. The van der Waals surface area contributed by atoms with Crippen LogP contribution in [0.5, 0.6) is 5.75 Å². The molecule has 156 valence electrons. The van der Waals surface area contributed by atoms with E-state index in [1.807, 2.05) is 32.0 Å². The number of benzene rings is 2. The minimum atomic E-state index is -0.571. The summed E-state index contributed by atoms with van der Waals surface area (Å²) >= 11 is 6.37. The molecule has 0 saturated carbocycles. The van der Waals surface area contributed by atoms with Gasteiger partial charge in [-0.1, -0.05) is 41.4 Å². The summed E-state index contributed by atoms with van der Waals surface area (Å²) in [5.74, 6) is 0.155. The maximum Gasteiger partial charge on any atom is 0.340 e. The van der Waals surface area contributed by atoms with E-state index < -0.39 is 11.5 Å². The van der Waals surface area contributed by atoms with Gasteiger partial charge in [0.25, 0.3) is 5.56 Å². The number of esters is 1. The zero-order chi connectivity index (χ0) is 21.8. The Labute approximate surface area is 179 Å². The van der Waals surface area contributed by atoms with Crippen LogP contribution in [-0.2, 0) is 4.74 Å². The second kappa shape index (κ2) is 9.00. The Morgan fingerprint density at radius 1 is 1.20 bits per heavy atom. The van der Waals surface area contributed by atoms with Crippen molar-refractivity contribution in [3.8, 4) is 11.4 Å². The van der Waals surface area contributed by atoms with Crippen LogP contribution in [0.1, 0.15) is 34.5 Å². The van der Waals surface area contributed by atoms with Crippen LogP contribution in [0.15, 0.2) is 53.5 Å². The van der Waals surface area contributed by atoms with Crippen molar-refractivity contribution < 1.29 is 14.3 Å². The summed E-state index contributed by atoms with van der Waals surface area (Å²) in [5.41, 5.74) is 2.33. The lowest BCUT2D eigenvalue weighted by molar-refractivity contribution is 0.0600. The number of nitrogens with one attached hydrogen (secondary N) is 1. The molecule has 3 aromatic rings. The van der Waals surface area contributed by atoms with Gasteiger partial charge in [-0.2, -0.15) is 9.78 Å². The second-order valence-electron chi connectivity index (χ2n) is 6.71. The van der Waals surface area contributed by atoms with E-state index in [0.29, 0.717) is 5.69 Å². The topological polar surface area (TPSA) is 82.5 Å². The first-order chi connectivity index (χ1) is 14.4. The molecule has 0 aliphatic rings. The number of anilines is 1. The van der Waals surface area contributed by atoms with Crippen LogP contribution in [0.2, 0.25) is 5.02 Å². The molecule has 30 heavy (non-hydrogen) atoms. The number of halogens is 1. The number of para-hydroxylation sites is 1. The third kappa shape index (κ3) is 4.16. The van der Waals surface area contributed by atoms with E-state index in [9.17, 15) is 9.59 Å². The summed E-state index contributed by atoms with van der Waals surface area (Å²) in [6.07, 6.45) is 1.45. The van der Waals surface area contributed by atoms with Gasteiger partial charge in [0, 0.05) is 5.56 Å². The van der Waals surface area contributed by atoms with Gasteiger partial charge in [0.2, 0.25) is 0 Å². The second-order valence-corrected chi connectivity index (χ2v) is 7.09. The SMILES string of the molecule is COC(=O)c1ccccc1-n1ncc(NC(C)c2cc(C)ccc2OC)c(Cl)c1=O. The van der Waals surface area contributed by atoms with Gasteiger partial charge in [0.05, 0.1) is 43.4 Å². The molecule has 0 saturated heterocycles. The number of hydrogen-bond acceptors (Lipinski definition) is 6. The number of aromatic nitrogens is 2. The predicted octanol–water partition coefficient (Wildman–Crippen LogP) is 4.16. The summed E-state index contributed by atoms with van der Waals surface area (Å²) < 4.78 is 11.3. The fraction of sp³-hybridized carbons (Fsp3) is 0.227. The number of methoxy groups -OCH3 is 2. The molecule has 0 spiro atoms. The summed E-state index contributed by atoms with van der Waals surface area (Å²) in [5, 5.41) is 7.39. The molecule has 0 fully saturated rings. The first-order valence-electron chi connectivity index (χ1n) is 9.24. The molecule has 0 amide bonds. The molecule has 2 aromatic carbocycles. The minimum Gasteiger partial charge on any atom is -0.496 e. The predicted molar refractivity (Wildman–Crippen MR) is 116 cm³/mol. The summed E-state index contributed by atoms with van der Waals surface area (Å²) in [7, 11) is 2.88. The van der Waals surface area contributed by atoms with Gasteiger partial charge < -0.3 is 14.8 Å². The number of hydrogen-bond donors (Lipinski definition) is 1. The molecule has 3 rings (SSSR count). The molecule has 1 heterocycles. The molecule has 8 heteroatoms. The molecule has 0 bridgehead atoms. The molecule has 0 aliphatic carbocycles. The third-order valence-electron chi connectivity index (χ3n) is 4.68. The van der Waals surface area contributed by atoms with Crippen molar-refractivity contribution in [3.05, 3.63) is 80.7 Å². The Balaban J connectivity index is 1.98.